The van der Waals surface area contributed by atoms with Gasteiger partial charge in [-0.3, -0.25) is 0 Å². The maximum atomic E-state index is 12.2. The fourth-order valence-electron chi connectivity index (χ4n) is 1.86. The molecule has 1 unspecified atom stereocenters. The van der Waals surface area contributed by atoms with Crippen LogP contribution in [0.4, 0.5) is 8.78 Å². The molecule has 2 rings (SSSR count). The van der Waals surface area contributed by atoms with Crippen molar-refractivity contribution < 1.29 is 13.5 Å². The van der Waals surface area contributed by atoms with Gasteiger partial charge in [-0.05, 0) is 24.7 Å². The van der Waals surface area contributed by atoms with Crippen LogP contribution in [0.1, 0.15) is 17.2 Å². The van der Waals surface area contributed by atoms with Gasteiger partial charge in [0.25, 0.3) is 0 Å². The highest BCUT2D eigenvalue weighted by Crippen LogP contribution is 2.24. The molecule has 2 aromatic rings. The van der Waals surface area contributed by atoms with Gasteiger partial charge in [0.1, 0.15) is 12.1 Å². The first-order valence-corrected chi connectivity index (χ1v) is 5.67. The van der Waals surface area contributed by atoms with Crippen molar-refractivity contribution in [1.82, 2.24) is 15.3 Å². The van der Waals surface area contributed by atoms with Gasteiger partial charge < -0.3 is 10.1 Å². The fourth-order valence-corrected chi connectivity index (χ4v) is 1.86. The summed E-state index contributed by atoms with van der Waals surface area (Å²) in [6, 6.07) is 6.38. The van der Waals surface area contributed by atoms with Crippen molar-refractivity contribution in [1.29, 1.82) is 0 Å². The van der Waals surface area contributed by atoms with Crippen LogP contribution in [0.2, 0.25) is 0 Å². The normalized spacial score (nSPS) is 12.4. The maximum Gasteiger partial charge on any atom is 0.387 e. The molecular formula is C13H13F2N3O. The standard InChI is InChI=1S/C13H13F2N3O/c1-16-12(10-6-17-8-18-7-10)9-3-2-4-11(5-9)19-13(14)15/h2-8,12-13,16H,1H3. The van der Waals surface area contributed by atoms with Gasteiger partial charge in [0.15, 0.2) is 0 Å². The summed E-state index contributed by atoms with van der Waals surface area (Å²) in [6.45, 7) is -2.83. The Bertz CT molecular complexity index is 522. The average molecular weight is 265 g/mol. The van der Waals surface area contributed by atoms with Gasteiger partial charge in [-0.25, -0.2) is 9.97 Å². The number of hydrogen-bond donors (Lipinski definition) is 1. The zero-order valence-electron chi connectivity index (χ0n) is 10.3. The molecule has 1 N–H and O–H groups in total. The lowest BCUT2D eigenvalue weighted by molar-refractivity contribution is -0.0498. The first kappa shape index (κ1) is 13.4. The number of halogens is 2. The molecule has 100 valence electrons. The molecule has 0 spiro atoms. The lowest BCUT2D eigenvalue weighted by atomic mass is 10.0. The molecule has 0 aliphatic rings. The predicted molar refractivity (Wildman–Crippen MR) is 66.0 cm³/mol. The highest BCUT2D eigenvalue weighted by Gasteiger charge is 2.14. The molecule has 6 heteroatoms. The summed E-state index contributed by atoms with van der Waals surface area (Å²) in [7, 11) is 1.78. The van der Waals surface area contributed by atoms with E-state index in [-0.39, 0.29) is 11.8 Å². The van der Waals surface area contributed by atoms with E-state index in [2.05, 4.69) is 20.0 Å². The van der Waals surface area contributed by atoms with Crippen LogP contribution in [-0.4, -0.2) is 23.6 Å². The summed E-state index contributed by atoms with van der Waals surface area (Å²) in [5.41, 5.74) is 1.65. The Morgan fingerprint density at radius 2 is 1.89 bits per heavy atom. The smallest absolute Gasteiger partial charge is 0.387 e. The number of ether oxygens (including phenoxy) is 1. The molecule has 0 saturated heterocycles. The van der Waals surface area contributed by atoms with Crippen molar-refractivity contribution in [2.45, 2.75) is 12.7 Å². The second-order valence-electron chi connectivity index (χ2n) is 3.84. The van der Waals surface area contributed by atoms with Gasteiger partial charge in [-0.1, -0.05) is 12.1 Å². The number of nitrogens with one attached hydrogen (secondary N) is 1. The average Bonchev–Trinajstić information content (AvgIpc) is 2.40. The second-order valence-corrected chi connectivity index (χ2v) is 3.84. The third-order valence-electron chi connectivity index (χ3n) is 2.62. The molecule has 0 fully saturated rings. The van der Waals surface area contributed by atoms with Crippen LogP contribution in [0, 0.1) is 0 Å². The molecule has 0 aliphatic heterocycles. The summed E-state index contributed by atoms with van der Waals surface area (Å²) in [5, 5.41) is 3.09. The predicted octanol–water partition coefficient (Wildman–Crippen LogP) is 2.39. The van der Waals surface area contributed by atoms with Gasteiger partial charge in [-0.2, -0.15) is 8.78 Å². The second kappa shape index (κ2) is 6.19. The van der Waals surface area contributed by atoms with E-state index in [0.29, 0.717) is 0 Å². The molecule has 0 saturated carbocycles. The van der Waals surface area contributed by atoms with E-state index in [1.165, 1.54) is 12.4 Å². The van der Waals surface area contributed by atoms with E-state index in [9.17, 15) is 8.78 Å². The molecule has 1 heterocycles. The Kier molecular flexibility index (Phi) is 4.35. The van der Waals surface area contributed by atoms with Crippen LogP contribution in [0.5, 0.6) is 5.75 Å². The van der Waals surface area contributed by atoms with E-state index < -0.39 is 6.61 Å². The lowest BCUT2D eigenvalue weighted by Gasteiger charge is -2.17. The van der Waals surface area contributed by atoms with Crippen molar-refractivity contribution >= 4 is 0 Å². The fraction of sp³-hybridized carbons (Fsp3) is 0.231. The highest BCUT2D eigenvalue weighted by molar-refractivity contribution is 5.35. The van der Waals surface area contributed by atoms with Crippen molar-refractivity contribution in [3.8, 4) is 5.75 Å². The minimum atomic E-state index is -2.83. The molecule has 0 bridgehead atoms. The van der Waals surface area contributed by atoms with E-state index in [0.717, 1.165) is 11.1 Å². The van der Waals surface area contributed by atoms with Crippen LogP contribution in [0.15, 0.2) is 43.0 Å². The lowest BCUT2D eigenvalue weighted by Crippen LogP contribution is -2.18. The number of aromatic nitrogens is 2. The summed E-state index contributed by atoms with van der Waals surface area (Å²) in [4.78, 5) is 7.89. The summed E-state index contributed by atoms with van der Waals surface area (Å²) < 4.78 is 28.8. The first-order valence-electron chi connectivity index (χ1n) is 5.67. The zero-order chi connectivity index (χ0) is 13.7. The molecule has 19 heavy (non-hydrogen) atoms. The van der Waals surface area contributed by atoms with Gasteiger partial charge in [0, 0.05) is 18.0 Å². The van der Waals surface area contributed by atoms with E-state index in [4.69, 9.17) is 0 Å². The summed E-state index contributed by atoms with van der Waals surface area (Å²) >= 11 is 0. The van der Waals surface area contributed by atoms with Gasteiger partial charge >= 0.3 is 6.61 Å². The molecule has 0 aliphatic carbocycles. The van der Waals surface area contributed by atoms with Crippen molar-refractivity contribution in [3.05, 3.63) is 54.1 Å². The van der Waals surface area contributed by atoms with Gasteiger partial charge in [0.2, 0.25) is 0 Å². The van der Waals surface area contributed by atoms with E-state index >= 15 is 0 Å². The Morgan fingerprint density at radius 1 is 1.16 bits per heavy atom. The minimum absolute atomic E-state index is 0.129. The van der Waals surface area contributed by atoms with E-state index in [1.54, 1.807) is 31.6 Å². The van der Waals surface area contributed by atoms with E-state index in [1.807, 2.05) is 6.07 Å². The van der Waals surface area contributed by atoms with Crippen LogP contribution in [0.25, 0.3) is 0 Å². The van der Waals surface area contributed by atoms with Crippen molar-refractivity contribution in [2.24, 2.45) is 0 Å². The van der Waals surface area contributed by atoms with Crippen LogP contribution in [-0.2, 0) is 0 Å². The molecule has 1 aromatic heterocycles. The topological polar surface area (TPSA) is 47.0 Å². The monoisotopic (exact) mass is 265 g/mol. The zero-order valence-corrected chi connectivity index (χ0v) is 10.3. The molecule has 1 aromatic carbocycles. The minimum Gasteiger partial charge on any atom is -0.435 e. The third kappa shape index (κ3) is 3.45. The first-order chi connectivity index (χ1) is 9.20. The molecular weight excluding hydrogens is 252 g/mol. The van der Waals surface area contributed by atoms with Gasteiger partial charge in [-0.15, -0.1) is 0 Å². The number of benzene rings is 1. The SMILES string of the molecule is CNC(c1cncnc1)c1cccc(OC(F)F)c1. The maximum absolute atomic E-state index is 12.2. The molecule has 0 radical (unpaired) electrons. The van der Waals surface area contributed by atoms with Crippen LogP contribution in [0.3, 0.4) is 0 Å². The Hall–Kier alpha value is -2.08. The number of nitrogens with zero attached hydrogens (tertiary/aromatic N) is 2. The highest BCUT2D eigenvalue weighted by atomic mass is 19.3. The van der Waals surface area contributed by atoms with Crippen LogP contribution >= 0.6 is 0 Å². The number of hydrogen-bond acceptors (Lipinski definition) is 4. The Labute approximate surface area is 109 Å². The Balaban J connectivity index is 2.28. The molecule has 4 nitrogen and oxygen atoms in total. The summed E-state index contributed by atoms with van der Waals surface area (Å²) in [6.07, 6.45) is 4.79. The quantitative estimate of drug-likeness (QED) is 0.901. The summed E-state index contributed by atoms with van der Waals surface area (Å²) in [5.74, 6) is 0.129. The number of alkyl halides is 2. The molecule has 1 atom stereocenters. The van der Waals surface area contributed by atoms with Crippen molar-refractivity contribution in [2.75, 3.05) is 7.05 Å². The van der Waals surface area contributed by atoms with Crippen molar-refractivity contribution in [3.63, 3.8) is 0 Å². The van der Waals surface area contributed by atoms with Gasteiger partial charge in [0.05, 0.1) is 6.04 Å². The Morgan fingerprint density at radius 3 is 2.53 bits per heavy atom. The molecule has 0 amide bonds. The largest absolute Gasteiger partial charge is 0.435 e. The third-order valence-corrected chi connectivity index (χ3v) is 2.62. The number of rotatable bonds is 5. The van der Waals surface area contributed by atoms with Crippen LogP contribution < -0.4 is 10.1 Å².